The van der Waals surface area contributed by atoms with Crippen LogP contribution >= 0.6 is 0 Å². The van der Waals surface area contributed by atoms with Crippen molar-refractivity contribution in [1.29, 1.82) is 0 Å². The Kier molecular flexibility index (Phi) is 3.48. The first-order valence-corrected chi connectivity index (χ1v) is 6.26. The molecule has 1 aromatic heterocycles. The number of hydrogen-bond donors (Lipinski definition) is 1. The molecule has 2 rings (SSSR count). The van der Waals surface area contributed by atoms with E-state index in [2.05, 4.69) is 43.1 Å². The quantitative estimate of drug-likeness (QED) is 0.874. The number of benzene rings is 1. The van der Waals surface area contributed by atoms with E-state index >= 15 is 0 Å². The lowest BCUT2D eigenvalue weighted by Crippen LogP contribution is -2.15. The van der Waals surface area contributed by atoms with E-state index in [-0.39, 0.29) is 6.04 Å². The molecule has 2 N–H and O–H groups in total. The molecule has 0 radical (unpaired) electrons. The van der Waals surface area contributed by atoms with Gasteiger partial charge in [-0.2, -0.15) is 0 Å². The second-order valence-corrected chi connectivity index (χ2v) is 4.96. The topological polar surface area (TPSA) is 38.9 Å². The molecule has 2 nitrogen and oxygen atoms in total. The van der Waals surface area contributed by atoms with Gasteiger partial charge in [0, 0.05) is 11.4 Å². The highest BCUT2D eigenvalue weighted by Gasteiger charge is 2.14. The summed E-state index contributed by atoms with van der Waals surface area (Å²) in [5, 5.41) is 0. The van der Waals surface area contributed by atoms with E-state index in [1.165, 1.54) is 16.7 Å². The van der Waals surface area contributed by atoms with E-state index in [0.717, 1.165) is 17.0 Å². The number of aryl methyl sites for hydroxylation is 4. The predicted octanol–water partition coefficient (Wildman–Crippen LogP) is 3.36. The molecule has 18 heavy (non-hydrogen) atoms. The molecule has 0 aliphatic carbocycles. The summed E-state index contributed by atoms with van der Waals surface area (Å²) < 4.78 is 0. The number of nitrogens with two attached hydrogens (primary N) is 1. The van der Waals surface area contributed by atoms with Crippen molar-refractivity contribution >= 4 is 0 Å². The third-order valence-corrected chi connectivity index (χ3v) is 3.37. The van der Waals surface area contributed by atoms with Crippen molar-refractivity contribution in [3.05, 3.63) is 64.0 Å². The monoisotopic (exact) mass is 240 g/mol. The summed E-state index contributed by atoms with van der Waals surface area (Å²) in [5.41, 5.74) is 13.2. The Morgan fingerprint density at radius 3 is 2.33 bits per heavy atom. The standard InChI is InChI=1S/C16H20N2/c1-10-5-6-11(2)15(9-10)16(17)14-8-7-12(3)18-13(14)4/h5-9,16H,17H2,1-4H3. The Hall–Kier alpha value is -1.67. The molecule has 0 saturated carbocycles. The summed E-state index contributed by atoms with van der Waals surface area (Å²) in [6, 6.07) is 10.4. The van der Waals surface area contributed by atoms with Gasteiger partial charge in [-0.3, -0.25) is 4.98 Å². The normalized spacial score (nSPS) is 12.5. The zero-order valence-electron chi connectivity index (χ0n) is 11.5. The number of pyridine rings is 1. The molecule has 0 aliphatic rings. The molecule has 0 spiro atoms. The molecule has 2 heteroatoms. The molecule has 0 aliphatic heterocycles. The van der Waals surface area contributed by atoms with Crippen molar-refractivity contribution in [1.82, 2.24) is 4.98 Å². The van der Waals surface area contributed by atoms with Crippen molar-refractivity contribution in [3.8, 4) is 0 Å². The molecule has 0 saturated heterocycles. The summed E-state index contributed by atoms with van der Waals surface area (Å²) in [6.45, 7) is 8.22. The largest absolute Gasteiger partial charge is 0.320 e. The Labute approximate surface area is 109 Å². The molecule has 0 amide bonds. The summed E-state index contributed by atoms with van der Waals surface area (Å²) in [5.74, 6) is 0. The second kappa shape index (κ2) is 4.91. The van der Waals surface area contributed by atoms with Gasteiger partial charge in [0.05, 0.1) is 6.04 Å². The maximum Gasteiger partial charge on any atom is 0.0572 e. The molecule has 1 aromatic carbocycles. The van der Waals surface area contributed by atoms with Crippen LogP contribution in [0.15, 0.2) is 30.3 Å². The van der Waals surface area contributed by atoms with E-state index in [4.69, 9.17) is 5.73 Å². The predicted molar refractivity (Wildman–Crippen MR) is 75.7 cm³/mol. The molecule has 1 heterocycles. The van der Waals surface area contributed by atoms with Crippen molar-refractivity contribution in [2.24, 2.45) is 5.73 Å². The van der Waals surface area contributed by atoms with E-state index in [9.17, 15) is 0 Å². The Morgan fingerprint density at radius 2 is 1.67 bits per heavy atom. The molecule has 0 bridgehead atoms. The third kappa shape index (κ3) is 2.44. The van der Waals surface area contributed by atoms with Gasteiger partial charge in [-0.25, -0.2) is 0 Å². The Bertz CT molecular complexity index is 573. The number of aromatic nitrogens is 1. The minimum Gasteiger partial charge on any atom is -0.320 e. The number of rotatable bonds is 2. The lowest BCUT2D eigenvalue weighted by molar-refractivity contribution is 0.835. The Morgan fingerprint density at radius 1 is 0.944 bits per heavy atom. The summed E-state index contributed by atoms with van der Waals surface area (Å²) in [7, 11) is 0. The summed E-state index contributed by atoms with van der Waals surface area (Å²) >= 11 is 0. The van der Waals surface area contributed by atoms with E-state index in [1.807, 2.05) is 19.9 Å². The van der Waals surface area contributed by atoms with Gasteiger partial charge in [0.15, 0.2) is 0 Å². The lowest BCUT2D eigenvalue weighted by Gasteiger charge is -2.18. The van der Waals surface area contributed by atoms with Crippen LogP contribution in [0.3, 0.4) is 0 Å². The van der Waals surface area contributed by atoms with Crippen LogP contribution < -0.4 is 5.73 Å². The molecular weight excluding hydrogens is 220 g/mol. The van der Waals surface area contributed by atoms with Crippen molar-refractivity contribution in [2.45, 2.75) is 33.7 Å². The smallest absolute Gasteiger partial charge is 0.0572 e. The Balaban J connectivity index is 2.47. The fourth-order valence-electron chi connectivity index (χ4n) is 2.29. The zero-order chi connectivity index (χ0) is 13.3. The van der Waals surface area contributed by atoms with E-state index in [0.29, 0.717) is 0 Å². The van der Waals surface area contributed by atoms with E-state index < -0.39 is 0 Å². The molecule has 94 valence electrons. The van der Waals surface area contributed by atoms with Crippen molar-refractivity contribution in [2.75, 3.05) is 0 Å². The van der Waals surface area contributed by atoms with Crippen LogP contribution in [0.1, 0.15) is 39.7 Å². The minimum absolute atomic E-state index is 0.0991. The zero-order valence-corrected chi connectivity index (χ0v) is 11.5. The van der Waals surface area contributed by atoms with Crippen LogP contribution in [0.2, 0.25) is 0 Å². The summed E-state index contributed by atoms with van der Waals surface area (Å²) in [4.78, 5) is 4.49. The summed E-state index contributed by atoms with van der Waals surface area (Å²) in [6.07, 6.45) is 0. The first-order valence-electron chi connectivity index (χ1n) is 6.26. The number of hydrogen-bond acceptors (Lipinski definition) is 2. The van der Waals surface area contributed by atoms with Crippen LogP contribution in [0.5, 0.6) is 0 Å². The fourth-order valence-corrected chi connectivity index (χ4v) is 2.29. The maximum atomic E-state index is 6.40. The van der Waals surface area contributed by atoms with Crippen molar-refractivity contribution in [3.63, 3.8) is 0 Å². The van der Waals surface area contributed by atoms with Crippen LogP contribution in [0.25, 0.3) is 0 Å². The first kappa shape index (κ1) is 12.8. The van der Waals surface area contributed by atoms with Gasteiger partial charge in [0.2, 0.25) is 0 Å². The molecule has 1 unspecified atom stereocenters. The van der Waals surface area contributed by atoms with Crippen LogP contribution in [-0.2, 0) is 0 Å². The van der Waals surface area contributed by atoms with Crippen molar-refractivity contribution < 1.29 is 0 Å². The minimum atomic E-state index is -0.0991. The molecule has 1 atom stereocenters. The van der Waals surface area contributed by atoms with Gasteiger partial charge in [-0.15, -0.1) is 0 Å². The highest BCUT2D eigenvalue weighted by Crippen LogP contribution is 2.25. The second-order valence-electron chi connectivity index (χ2n) is 4.96. The average molecular weight is 240 g/mol. The van der Waals surface area contributed by atoms with Gasteiger partial charge in [0.1, 0.15) is 0 Å². The average Bonchev–Trinajstić information content (AvgIpc) is 2.31. The van der Waals surface area contributed by atoms with Gasteiger partial charge >= 0.3 is 0 Å². The molecule has 2 aromatic rings. The van der Waals surface area contributed by atoms with Gasteiger partial charge < -0.3 is 5.73 Å². The van der Waals surface area contributed by atoms with Gasteiger partial charge in [-0.05, 0) is 50.5 Å². The highest BCUT2D eigenvalue weighted by atomic mass is 14.7. The van der Waals surface area contributed by atoms with Gasteiger partial charge in [0.25, 0.3) is 0 Å². The lowest BCUT2D eigenvalue weighted by atomic mass is 9.93. The first-order chi connectivity index (χ1) is 8.49. The van der Waals surface area contributed by atoms with Crippen LogP contribution in [-0.4, -0.2) is 4.98 Å². The van der Waals surface area contributed by atoms with Crippen LogP contribution in [0, 0.1) is 27.7 Å². The SMILES string of the molecule is Cc1ccc(C)c(C(N)c2ccc(C)nc2C)c1. The maximum absolute atomic E-state index is 6.40. The van der Waals surface area contributed by atoms with E-state index in [1.54, 1.807) is 0 Å². The molecule has 0 fully saturated rings. The molecular formula is C16H20N2. The van der Waals surface area contributed by atoms with Gasteiger partial charge in [-0.1, -0.05) is 29.8 Å². The fraction of sp³-hybridized carbons (Fsp3) is 0.312. The number of nitrogens with zero attached hydrogens (tertiary/aromatic N) is 1. The third-order valence-electron chi connectivity index (χ3n) is 3.37. The van der Waals surface area contributed by atoms with Crippen LogP contribution in [0.4, 0.5) is 0 Å². The highest BCUT2D eigenvalue weighted by molar-refractivity contribution is 5.40.